The van der Waals surface area contributed by atoms with E-state index in [4.69, 9.17) is 13.8 Å². The maximum absolute atomic E-state index is 12.9. The lowest BCUT2D eigenvalue weighted by atomic mass is 9.85. The number of carbonyl (C=O) groups excluding carboxylic acids is 2. The topological polar surface area (TPSA) is 121 Å². The summed E-state index contributed by atoms with van der Waals surface area (Å²) in [4.78, 5) is 25.4. The maximum Gasteiger partial charge on any atom is 0.435 e. The van der Waals surface area contributed by atoms with E-state index in [1.807, 2.05) is 0 Å². The Morgan fingerprint density at radius 1 is 1.16 bits per heavy atom. The number of aromatic nitrogens is 2. The average Bonchev–Trinajstić information content (AvgIpc) is 3.48. The Balaban J connectivity index is 1.42. The fourth-order valence-electron chi connectivity index (χ4n) is 4.42. The molecule has 3 aromatic rings. The van der Waals surface area contributed by atoms with Gasteiger partial charge in [-0.25, -0.2) is 9.59 Å². The molecule has 0 saturated heterocycles. The molecule has 1 heterocycles. The standard InChI is InChI=1S/C26H33N4O6P/c1-26(2,3)18-10-11-19-17(15-18)9-12-22(19)29-24(31)28-21-7-6-8-23-20(21)16-27-30(23)25(32)36-13-14-37(33,34-4)35-5/h6-8,10-11,15-16,22H,9,12-14H2,1-5H3,(H2,28,29,31)/t22-/m1/s1. The number of carbonyl (C=O) groups is 2. The second-order valence-electron chi connectivity index (χ2n) is 9.96. The van der Waals surface area contributed by atoms with Gasteiger partial charge in [-0.05, 0) is 47.1 Å². The molecule has 2 aromatic carbocycles. The van der Waals surface area contributed by atoms with Gasteiger partial charge in [-0.1, -0.05) is 45.0 Å². The molecule has 10 nitrogen and oxygen atoms in total. The molecule has 37 heavy (non-hydrogen) atoms. The van der Waals surface area contributed by atoms with Crippen molar-refractivity contribution < 1.29 is 27.9 Å². The molecule has 0 fully saturated rings. The SMILES string of the molecule is COP(=O)(CCOC(=O)n1ncc2c(NC(=O)N[C@@H]3CCc4cc(C(C)(C)C)ccc43)cccc21)OC. The minimum atomic E-state index is -3.29. The Hall–Kier alpha value is -3.20. The number of aryl methyl sites for hydroxylation is 1. The predicted octanol–water partition coefficient (Wildman–Crippen LogP) is 5.61. The van der Waals surface area contributed by atoms with E-state index in [0.717, 1.165) is 23.1 Å². The molecule has 0 aliphatic heterocycles. The highest BCUT2D eigenvalue weighted by Crippen LogP contribution is 2.45. The largest absolute Gasteiger partial charge is 0.447 e. The summed E-state index contributed by atoms with van der Waals surface area (Å²) in [6.07, 6.45) is 2.41. The second-order valence-corrected chi connectivity index (χ2v) is 12.4. The van der Waals surface area contributed by atoms with Crippen LogP contribution in [0.5, 0.6) is 0 Å². The first-order valence-electron chi connectivity index (χ1n) is 12.1. The van der Waals surface area contributed by atoms with Gasteiger partial charge in [0.2, 0.25) is 0 Å². The third-order valence-electron chi connectivity index (χ3n) is 6.57. The zero-order chi connectivity index (χ0) is 26.8. The highest BCUT2D eigenvalue weighted by molar-refractivity contribution is 7.53. The summed E-state index contributed by atoms with van der Waals surface area (Å²) >= 11 is 0. The molecule has 0 saturated carbocycles. The van der Waals surface area contributed by atoms with Gasteiger partial charge in [0.05, 0.1) is 29.6 Å². The zero-order valence-electron chi connectivity index (χ0n) is 21.7. The van der Waals surface area contributed by atoms with E-state index < -0.39 is 13.7 Å². The lowest BCUT2D eigenvalue weighted by Crippen LogP contribution is -2.31. The third kappa shape index (κ3) is 5.87. The number of hydrogen-bond acceptors (Lipinski definition) is 7. The molecule has 1 aliphatic carbocycles. The van der Waals surface area contributed by atoms with Crippen LogP contribution >= 0.6 is 7.60 Å². The van der Waals surface area contributed by atoms with Crippen LogP contribution in [0.15, 0.2) is 42.6 Å². The van der Waals surface area contributed by atoms with E-state index in [-0.39, 0.29) is 30.3 Å². The molecule has 0 spiro atoms. The van der Waals surface area contributed by atoms with Crippen molar-refractivity contribution in [2.75, 3.05) is 32.3 Å². The lowest BCUT2D eigenvalue weighted by molar-refractivity contribution is 0.149. The predicted molar refractivity (Wildman–Crippen MR) is 141 cm³/mol. The van der Waals surface area contributed by atoms with Crippen molar-refractivity contribution in [2.24, 2.45) is 0 Å². The van der Waals surface area contributed by atoms with Gasteiger partial charge in [-0.3, -0.25) is 4.57 Å². The first-order valence-corrected chi connectivity index (χ1v) is 13.8. The van der Waals surface area contributed by atoms with Gasteiger partial charge in [-0.2, -0.15) is 9.78 Å². The number of fused-ring (bicyclic) bond motifs is 2. The summed E-state index contributed by atoms with van der Waals surface area (Å²) in [5.74, 6) is 0. The van der Waals surface area contributed by atoms with Crippen LogP contribution in [0.4, 0.5) is 15.3 Å². The van der Waals surface area contributed by atoms with Crippen LogP contribution < -0.4 is 10.6 Å². The van der Waals surface area contributed by atoms with Gasteiger partial charge in [0.1, 0.15) is 6.61 Å². The summed E-state index contributed by atoms with van der Waals surface area (Å²) in [5.41, 5.74) is 4.74. The molecular weight excluding hydrogens is 495 g/mol. The lowest BCUT2D eigenvalue weighted by Gasteiger charge is -2.21. The van der Waals surface area contributed by atoms with E-state index in [2.05, 4.69) is 54.7 Å². The summed E-state index contributed by atoms with van der Waals surface area (Å²) in [6, 6.07) is 11.2. The fourth-order valence-corrected chi connectivity index (χ4v) is 5.25. The Morgan fingerprint density at radius 3 is 2.62 bits per heavy atom. The van der Waals surface area contributed by atoms with Gasteiger partial charge in [0.15, 0.2) is 0 Å². The van der Waals surface area contributed by atoms with E-state index in [0.29, 0.717) is 16.6 Å². The van der Waals surface area contributed by atoms with Gasteiger partial charge in [0, 0.05) is 19.6 Å². The van der Waals surface area contributed by atoms with Crippen LogP contribution in [0.2, 0.25) is 0 Å². The molecule has 1 atom stereocenters. The van der Waals surface area contributed by atoms with Crippen LogP contribution in [-0.4, -0.2) is 48.9 Å². The van der Waals surface area contributed by atoms with Crippen LogP contribution in [0, 0.1) is 0 Å². The Bertz CT molecular complexity index is 1350. The molecule has 11 heteroatoms. The summed E-state index contributed by atoms with van der Waals surface area (Å²) in [5, 5.41) is 10.7. The van der Waals surface area contributed by atoms with Crippen molar-refractivity contribution in [1.82, 2.24) is 15.1 Å². The quantitative estimate of drug-likeness (QED) is 0.382. The van der Waals surface area contributed by atoms with Crippen molar-refractivity contribution in [3.8, 4) is 0 Å². The van der Waals surface area contributed by atoms with Crippen molar-refractivity contribution in [1.29, 1.82) is 0 Å². The summed E-state index contributed by atoms with van der Waals surface area (Å²) in [7, 11) is -0.751. The molecule has 198 valence electrons. The highest BCUT2D eigenvalue weighted by atomic mass is 31.2. The minimum Gasteiger partial charge on any atom is -0.447 e. The highest BCUT2D eigenvalue weighted by Gasteiger charge is 2.26. The number of benzene rings is 2. The fraction of sp³-hybridized carbons (Fsp3) is 0.423. The van der Waals surface area contributed by atoms with Crippen LogP contribution in [0.25, 0.3) is 10.9 Å². The summed E-state index contributed by atoms with van der Waals surface area (Å²) < 4.78 is 28.1. The molecule has 0 radical (unpaired) electrons. The molecular formula is C26H33N4O6P. The van der Waals surface area contributed by atoms with E-state index in [9.17, 15) is 14.2 Å². The van der Waals surface area contributed by atoms with Crippen LogP contribution in [-0.2, 0) is 30.2 Å². The number of nitrogens with one attached hydrogen (secondary N) is 2. The molecule has 1 aromatic heterocycles. The van der Waals surface area contributed by atoms with Crippen molar-refractivity contribution in [3.63, 3.8) is 0 Å². The maximum atomic E-state index is 12.9. The van der Waals surface area contributed by atoms with Crippen molar-refractivity contribution >= 4 is 36.3 Å². The van der Waals surface area contributed by atoms with Crippen LogP contribution in [0.3, 0.4) is 0 Å². The van der Waals surface area contributed by atoms with Crippen molar-refractivity contribution in [3.05, 3.63) is 59.3 Å². The smallest absolute Gasteiger partial charge is 0.435 e. The Morgan fingerprint density at radius 2 is 1.92 bits per heavy atom. The normalized spacial score (nSPS) is 15.4. The summed E-state index contributed by atoms with van der Waals surface area (Å²) in [6.45, 7) is 6.41. The number of amides is 2. The van der Waals surface area contributed by atoms with Gasteiger partial charge in [0.25, 0.3) is 0 Å². The van der Waals surface area contributed by atoms with E-state index >= 15 is 0 Å². The monoisotopic (exact) mass is 528 g/mol. The zero-order valence-corrected chi connectivity index (χ0v) is 22.6. The molecule has 2 N–H and O–H groups in total. The van der Waals surface area contributed by atoms with Gasteiger partial charge < -0.3 is 24.4 Å². The number of hydrogen-bond donors (Lipinski definition) is 2. The number of urea groups is 1. The Kier molecular flexibility index (Phi) is 7.73. The molecule has 1 aliphatic rings. The number of nitrogens with zero attached hydrogens (tertiary/aromatic N) is 2. The van der Waals surface area contributed by atoms with Crippen molar-refractivity contribution in [2.45, 2.75) is 45.1 Å². The minimum absolute atomic E-state index is 0.0727. The molecule has 0 bridgehead atoms. The third-order valence-corrected chi connectivity index (χ3v) is 8.42. The van der Waals surface area contributed by atoms with E-state index in [1.165, 1.54) is 31.5 Å². The van der Waals surface area contributed by atoms with Gasteiger partial charge in [-0.15, -0.1) is 0 Å². The molecule has 2 amide bonds. The second kappa shape index (κ2) is 10.7. The Labute approximate surface area is 216 Å². The number of rotatable bonds is 7. The molecule has 4 rings (SSSR count). The number of ether oxygens (including phenoxy) is 1. The van der Waals surface area contributed by atoms with Crippen LogP contribution in [0.1, 0.15) is 49.9 Å². The first kappa shape index (κ1) is 26.9. The van der Waals surface area contributed by atoms with E-state index in [1.54, 1.807) is 18.2 Å². The first-order chi connectivity index (χ1) is 17.5. The van der Waals surface area contributed by atoms with Gasteiger partial charge >= 0.3 is 19.7 Å². The average molecular weight is 529 g/mol. The molecule has 0 unspecified atom stereocenters. The number of anilines is 1.